The van der Waals surface area contributed by atoms with Crippen LogP contribution in [-0.4, -0.2) is 62.5 Å². The number of aromatic nitrogens is 1. The van der Waals surface area contributed by atoms with Gasteiger partial charge < -0.3 is 19.4 Å². The van der Waals surface area contributed by atoms with Gasteiger partial charge in [-0.3, -0.25) is 14.4 Å². The monoisotopic (exact) mass is 491 g/mol. The number of benzene rings is 1. The lowest BCUT2D eigenvalue weighted by Crippen LogP contribution is -2.38. The second kappa shape index (κ2) is 10.6. The molecule has 0 saturated carbocycles. The Kier molecular flexibility index (Phi) is 7.80. The molecule has 0 bridgehead atoms. The molecule has 1 aromatic carbocycles. The highest BCUT2D eigenvalue weighted by atomic mass is 32.2. The number of nitrogens with zero attached hydrogens (tertiary/aromatic N) is 2. The standard InChI is InChI=1S/C22H22FN3O7S/c1-32-6-5-26-11-15(8-14(10-24)22(26)29)21(28)18-9-16(23)2-3-19(18)33-12-20(27)25-17-4-7-34(30,31)13-17/h2-3,8-9,11,17H,4-7,12-13H2,1H3,(H,25,27)/t17-/m0/s1. The predicted molar refractivity (Wildman–Crippen MR) is 118 cm³/mol. The minimum atomic E-state index is -3.18. The van der Waals surface area contributed by atoms with Gasteiger partial charge in [0, 0.05) is 31.5 Å². The van der Waals surface area contributed by atoms with Gasteiger partial charge in [0.25, 0.3) is 11.5 Å². The maximum Gasteiger partial charge on any atom is 0.268 e. The zero-order valence-corrected chi connectivity index (χ0v) is 19.1. The van der Waals surface area contributed by atoms with Crippen molar-refractivity contribution in [2.45, 2.75) is 19.0 Å². The third kappa shape index (κ3) is 6.06. The fourth-order valence-electron chi connectivity index (χ4n) is 3.48. The van der Waals surface area contributed by atoms with Crippen molar-refractivity contribution in [3.05, 3.63) is 63.3 Å². The number of hydrogen-bond donors (Lipinski definition) is 1. The summed E-state index contributed by atoms with van der Waals surface area (Å²) < 4.78 is 48.5. The predicted octanol–water partition coefficient (Wildman–Crippen LogP) is 0.419. The van der Waals surface area contributed by atoms with Crippen molar-refractivity contribution in [3.63, 3.8) is 0 Å². The van der Waals surface area contributed by atoms with E-state index in [-0.39, 0.29) is 47.1 Å². The molecule has 2 aromatic rings. The van der Waals surface area contributed by atoms with E-state index in [1.807, 2.05) is 0 Å². The number of carbonyl (C=O) groups is 2. The van der Waals surface area contributed by atoms with E-state index < -0.39 is 45.6 Å². The fraction of sp³-hybridized carbons (Fsp3) is 0.364. The van der Waals surface area contributed by atoms with Gasteiger partial charge in [0.2, 0.25) is 0 Å². The lowest BCUT2D eigenvalue weighted by molar-refractivity contribution is -0.123. The number of ether oxygens (including phenoxy) is 2. The molecule has 34 heavy (non-hydrogen) atoms. The molecule has 1 amide bonds. The number of hydrogen-bond acceptors (Lipinski definition) is 8. The molecular weight excluding hydrogens is 469 g/mol. The van der Waals surface area contributed by atoms with Gasteiger partial charge in [-0.15, -0.1) is 0 Å². The van der Waals surface area contributed by atoms with Crippen LogP contribution in [0.1, 0.15) is 27.9 Å². The van der Waals surface area contributed by atoms with E-state index in [9.17, 15) is 32.5 Å². The number of carbonyl (C=O) groups excluding carboxylic acids is 2. The highest BCUT2D eigenvalue weighted by molar-refractivity contribution is 7.91. The smallest absolute Gasteiger partial charge is 0.268 e. The van der Waals surface area contributed by atoms with Crippen LogP contribution >= 0.6 is 0 Å². The molecule has 1 aromatic heterocycles. The Morgan fingerprint density at radius 3 is 2.74 bits per heavy atom. The maximum absolute atomic E-state index is 14.0. The van der Waals surface area contributed by atoms with Gasteiger partial charge in [-0.25, -0.2) is 12.8 Å². The summed E-state index contributed by atoms with van der Waals surface area (Å²) in [7, 11) is -1.74. The third-order valence-corrected chi connectivity index (χ3v) is 6.92. The highest BCUT2D eigenvalue weighted by Gasteiger charge is 2.29. The molecule has 1 atom stereocenters. The van der Waals surface area contributed by atoms with Gasteiger partial charge in [0.05, 0.1) is 23.7 Å². The van der Waals surface area contributed by atoms with E-state index >= 15 is 0 Å². The molecule has 10 nitrogen and oxygen atoms in total. The summed E-state index contributed by atoms with van der Waals surface area (Å²) in [6.45, 7) is -0.276. The van der Waals surface area contributed by atoms with E-state index in [4.69, 9.17) is 9.47 Å². The zero-order chi connectivity index (χ0) is 24.9. The summed E-state index contributed by atoms with van der Waals surface area (Å²) in [6.07, 6.45) is 1.54. The average Bonchev–Trinajstić information content (AvgIpc) is 3.14. The number of pyridine rings is 1. The Balaban J connectivity index is 1.82. The topological polar surface area (TPSA) is 145 Å². The molecule has 1 saturated heterocycles. The second-order valence-corrected chi connectivity index (χ2v) is 9.90. The molecule has 0 radical (unpaired) electrons. The van der Waals surface area contributed by atoms with Crippen molar-refractivity contribution in [3.8, 4) is 11.8 Å². The number of methoxy groups -OCH3 is 1. The van der Waals surface area contributed by atoms with Crippen molar-refractivity contribution in [2.24, 2.45) is 0 Å². The van der Waals surface area contributed by atoms with Gasteiger partial charge in [-0.1, -0.05) is 0 Å². The molecule has 12 heteroatoms. The Bertz CT molecular complexity index is 1310. The lowest BCUT2D eigenvalue weighted by atomic mass is 10.0. The molecule has 0 spiro atoms. The minimum absolute atomic E-state index is 0.00731. The van der Waals surface area contributed by atoms with Gasteiger partial charge in [-0.05, 0) is 30.7 Å². The molecule has 0 unspecified atom stereocenters. The maximum atomic E-state index is 14.0. The molecule has 1 aliphatic rings. The molecule has 1 fully saturated rings. The van der Waals surface area contributed by atoms with Gasteiger partial charge in [0.1, 0.15) is 23.2 Å². The van der Waals surface area contributed by atoms with Crippen LogP contribution in [0.15, 0.2) is 35.3 Å². The first kappa shape index (κ1) is 25.1. The Morgan fingerprint density at radius 2 is 2.09 bits per heavy atom. The number of rotatable bonds is 9. The number of amides is 1. The summed E-state index contributed by atoms with van der Waals surface area (Å²) in [6, 6.07) is 5.48. The summed E-state index contributed by atoms with van der Waals surface area (Å²) in [5, 5.41) is 11.8. The van der Waals surface area contributed by atoms with Gasteiger partial charge in [-0.2, -0.15) is 5.26 Å². The van der Waals surface area contributed by atoms with E-state index in [1.54, 1.807) is 6.07 Å². The number of nitrogens with one attached hydrogen (secondary N) is 1. The quantitative estimate of drug-likeness (QED) is 0.497. The molecule has 1 aliphatic heterocycles. The average molecular weight is 491 g/mol. The van der Waals surface area contributed by atoms with Crippen molar-refractivity contribution in [1.82, 2.24) is 9.88 Å². The summed E-state index contributed by atoms with van der Waals surface area (Å²) in [5.41, 5.74) is -1.13. The number of sulfone groups is 1. The SMILES string of the molecule is COCCn1cc(C(=O)c2cc(F)ccc2OCC(=O)N[C@H]2CCS(=O)(=O)C2)cc(C#N)c1=O. The first-order valence-corrected chi connectivity index (χ1v) is 12.1. The van der Waals surface area contributed by atoms with Crippen LogP contribution in [0.25, 0.3) is 0 Å². The van der Waals surface area contributed by atoms with E-state index in [2.05, 4.69) is 5.32 Å². The van der Waals surface area contributed by atoms with Crippen molar-refractivity contribution >= 4 is 21.5 Å². The van der Waals surface area contributed by atoms with Crippen LogP contribution in [0, 0.1) is 17.1 Å². The van der Waals surface area contributed by atoms with Crippen LogP contribution in [-0.2, 0) is 25.9 Å². The van der Waals surface area contributed by atoms with Crippen LogP contribution in [0.3, 0.4) is 0 Å². The highest BCUT2D eigenvalue weighted by Crippen LogP contribution is 2.23. The van der Waals surface area contributed by atoms with Crippen molar-refractivity contribution in [1.29, 1.82) is 5.26 Å². The van der Waals surface area contributed by atoms with Crippen LogP contribution < -0.4 is 15.6 Å². The normalized spacial score (nSPS) is 16.6. The van der Waals surface area contributed by atoms with Crippen LogP contribution in [0.2, 0.25) is 0 Å². The first-order valence-electron chi connectivity index (χ1n) is 10.2. The Hall–Kier alpha value is -3.56. The third-order valence-electron chi connectivity index (χ3n) is 5.15. The Morgan fingerprint density at radius 1 is 1.32 bits per heavy atom. The number of nitriles is 1. The van der Waals surface area contributed by atoms with E-state index in [0.717, 1.165) is 22.8 Å². The fourth-order valence-corrected chi connectivity index (χ4v) is 5.15. The molecule has 180 valence electrons. The van der Waals surface area contributed by atoms with E-state index in [0.29, 0.717) is 6.42 Å². The van der Waals surface area contributed by atoms with Gasteiger partial charge >= 0.3 is 0 Å². The number of ketones is 1. The summed E-state index contributed by atoms with van der Waals surface area (Å²) in [4.78, 5) is 37.6. The number of halogens is 1. The second-order valence-electron chi connectivity index (χ2n) is 7.67. The summed E-state index contributed by atoms with van der Waals surface area (Å²) in [5.74, 6) is -2.30. The molecular formula is C22H22FN3O7S. The van der Waals surface area contributed by atoms with Crippen LogP contribution in [0.4, 0.5) is 4.39 Å². The summed E-state index contributed by atoms with van der Waals surface area (Å²) >= 11 is 0. The molecule has 1 N–H and O–H groups in total. The molecule has 0 aliphatic carbocycles. The first-order chi connectivity index (χ1) is 16.1. The van der Waals surface area contributed by atoms with Crippen LogP contribution in [0.5, 0.6) is 5.75 Å². The largest absolute Gasteiger partial charge is 0.483 e. The van der Waals surface area contributed by atoms with Gasteiger partial charge in [0.15, 0.2) is 22.2 Å². The lowest BCUT2D eigenvalue weighted by Gasteiger charge is -2.14. The minimum Gasteiger partial charge on any atom is -0.483 e. The zero-order valence-electron chi connectivity index (χ0n) is 18.2. The van der Waals surface area contributed by atoms with E-state index in [1.165, 1.54) is 19.4 Å². The van der Waals surface area contributed by atoms with Crippen molar-refractivity contribution < 1.29 is 31.9 Å². The Labute approximate surface area is 194 Å². The van der Waals surface area contributed by atoms with Crippen molar-refractivity contribution in [2.75, 3.05) is 31.8 Å². The molecule has 3 rings (SSSR count). The molecule has 2 heterocycles.